The second-order valence-electron chi connectivity index (χ2n) is 3.94. The Balaban J connectivity index is 0. The Labute approximate surface area is 131 Å². The van der Waals surface area contributed by atoms with Crippen LogP contribution < -0.4 is 0 Å². The second kappa shape index (κ2) is 9.00. The maximum atomic E-state index is 3.37. The van der Waals surface area contributed by atoms with Gasteiger partial charge in [-0.05, 0) is 5.92 Å². The minimum atomic E-state index is 0. The Kier molecular flexibility index (Phi) is 10.2. The van der Waals surface area contributed by atoms with Gasteiger partial charge in [0, 0.05) is 21.7 Å². The molecule has 0 nitrogen and oxygen atoms in total. The standard InChI is InChI=1S/C14H15.2ClH.Ti/c1-11(2)13-9-5-6-10-14(13)12-7-3-4-8-12;;;/h3,5-7,9-11H,4H2,1-2H3;2*1H;/q-1;;;. The van der Waals surface area contributed by atoms with Crippen molar-refractivity contribution in [2.24, 2.45) is 0 Å². The van der Waals surface area contributed by atoms with Gasteiger partial charge < -0.3 is 0 Å². The van der Waals surface area contributed by atoms with Gasteiger partial charge in [0.05, 0.1) is 0 Å². The molecule has 0 atom stereocenters. The summed E-state index contributed by atoms with van der Waals surface area (Å²) < 4.78 is 0. The van der Waals surface area contributed by atoms with Crippen molar-refractivity contribution >= 4 is 30.4 Å². The van der Waals surface area contributed by atoms with Crippen molar-refractivity contribution in [3.05, 3.63) is 53.6 Å². The number of halogens is 2. The molecule has 0 amide bonds. The SMILES string of the molecule is CC(C)c1ccccc1C1=[C-]CC=C1.Cl.Cl.[Ti]. The van der Waals surface area contributed by atoms with E-state index in [2.05, 4.69) is 56.3 Å². The summed E-state index contributed by atoms with van der Waals surface area (Å²) in [5, 5.41) is 0. The predicted octanol–water partition coefficient (Wildman–Crippen LogP) is 4.80. The topological polar surface area (TPSA) is 0 Å². The average Bonchev–Trinajstić information content (AvgIpc) is 2.70. The van der Waals surface area contributed by atoms with E-state index in [4.69, 9.17) is 0 Å². The van der Waals surface area contributed by atoms with E-state index in [1.165, 1.54) is 16.7 Å². The number of allylic oxidation sites excluding steroid dienone is 4. The quantitative estimate of drug-likeness (QED) is 0.544. The molecule has 1 aromatic carbocycles. The summed E-state index contributed by atoms with van der Waals surface area (Å²) in [6.07, 6.45) is 8.66. The predicted molar refractivity (Wildman–Crippen MR) is 75.4 cm³/mol. The first-order valence-corrected chi connectivity index (χ1v) is 5.15. The van der Waals surface area contributed by atoms with Crippen LogP contribution in [0.15, 0.2) is 36.4 Å². The fourth-order valence-corrected chi connectivity index (χ4v) is 1.84. The maximum absolute atomic E-state index is 3.37. The molecule has 3 heteroatoms. The first-order valence-electron chi connectivity index (χ1n) is 5.15. The molecule has 1 aliphatic rings. The van der Waals surface area contributed by atoms with Crippen LogP contribution in [0.4, 0.5) is 0 Å². The van der Waals surface area contributed by atoms with Crippen LogP contribution in [-0.2, 0) is 21.7 Å². The molecule has 0 saturated heterocycles. The van der Waals surface area contributed by atoms with Gasteiger partial charge in [-0.25, -0.2) is 0 Å². The minimum Gasteiger partial charge on any atom is -0.197 e. The number of hydrogen-bond acceptors (Lipinski definition) is 0. The van der Waals surface area contributed by atoms with E-state index in [1.807, 2.05) is 0 Å². The molecule has 1 aliphatic carbocycles. The first-order chi connectivity index (χ1) is 6.79. The number of rotatable bonds is 2. The van der Waals surface area contributed by atoms with E-state index in [9.17, 15) is 0 Å². The van der Waals surface area contributed by atoms with Crippen LogP contribution in [0, 0.1) is 6.08 Å². The normalized spacial score (nSPS) is 12.3. The zero-order valence-corrected chi connectivity index (χ0v) is 13.3. The van der Waals surface area contributed by atoms with E-state index in [0.717, 1.165) is 6.42 Å². The van der Waals surface area contributed by atoms with Gasteiger partial charge in [0.1, 0.15) is 0 Å². The van der Waals surface area contributed by atoms with E-state index in [0.29, 0.717) is 5.92 Å². The van der Waals surface area contributed by atoms with Crippen molar-refractivity contribution in [1.29, 1.82) is 0 Å². The van der Waals surface area contributed by atoms with Crippen LogP contribution in [0.3, 0.4) is 0 Å². The maximum Gasteiger partial charge on any atom is 0 e. The number of hydrogen-bond donors (Lipinski definition) is 0. The third-order valence-electron chi connectivity index (χ3n) is 2.57. The molecule has 2 rings (SSSR count). The van der Waals surface area contributed by atoms with Crippen molar-refractivity contribution in [1.82, 2.24) is 0 Å². The minimum absolute atomic E-state index is 0. The first kappa shape index (κ1) is 19.3. The zero-order chi connectivity index (χ0) is 9.97. The summed E-state index contributed by atoms with van der Waals surface area (Å²) in [5.41, 5.74) is 4.02. The third kappa shape index (κ3) is 4.64. The molecule has 0 unspecified atom stereocenters. The summed E-state index contributed by atoms with van der Waals surface area (Å²) in [6.45, 7) is 4.47. The van der Waals surface area contributed by atoms with Crippen LogP contribution in [0.1, 0.15) is 37.3 Å². The van der Waals surface area contributed by atoms with E-state index < -0.39 is 0 Å². The molecule has 0 aromatic heterocycles. The molecule has 92 valence electrons. The molecule has 1 aromatic rings. The molecular formula is C14H17Cl2Ti-. The van der Waals surface area contributed by atoms with Crippen LogP contribution >= 0.6 is 24.8 Å². The molecular weight excluding hydrogens is 287 g/mol. The Morgan fingerprint density at radius 3 is 2.29 bits per heavy atom. The smallest absolute Gasteiger partial charge is 0 e. The van der Waals surface area contributed by atoms with Gasteiger partial charge in [-0.3, -0.25) is 0 Å². The van der Waals surface area contributed by atoms with Crippen LogP contribution in [-0.4, -0.2) is 0 Å². The van der Waals surface area contributed by atoms with E-state index >= 15 is 0 Å². The van der Waals surface area contributed by atoms with Crippen molar-refractivity contribution in [2.45, 2.75) is 26.2 Å². The van der Waals surface area contributed by atoms with Crippen molar-refractivity contribution in [3.8, 4) is 0 Å². The van der Waals surface area contributed by atoms with Crippen molar-refractivity contribution in [3.63, 3.8) is 0 Å². The molecule has 0 saturated carbocycles. The fraction of sp³-hybridized carbons (Fsp3) is 0.286. The van der Waals surface area contributed by atoms with Gasteiger partial charge >= 0.3 is 0 Å². The Morgan fingerprint density at radius 2 is 1.76 bits per heavy atom. The summed E-state index contributed by atoms with van der Waals surface area (Å²) in [6, 6.07) is 8.61. The van der Waals surface area contributed by atoms with Crippen molar-refractivity contribution in [2.75, 3.05) is 0 Å². The average molecular weight is 304 g/mol. The third-order valence-corrected chi connectivity index (χ3v) is 2.57. The molecule has 0 aliphatic heterocycles. The van der Waals surface area contributed by atoms with Gasteiger partial charge in [-0.1, -0.05) is 44.0 Å². The van der Waals surface area contributed by atoms with Crippen LogP contribution in [0.5, 0.6) is 0 Å². The van der Waals surface area contributed by atoms with E-state index in [-0.39, 0.29) is 46.5 Å². The van der Waals surface area contributed by atoms with Gasteiger partial charge in [0.15, 0.2) is 0 Å². The molecule has 0 spiro atoms. The van der Waals surface area contributed by atoms with Gasteiger partial charge in [0.25, 0.3) is 0 Å². The van der Waals surface area contributed by atoms with Crippen LogP contribution in [0.25, 0.3) is 5.57 Å². The molecule has 17 heavy (non-hydrogen) atoms. The van der Waals surface area contributed by atoms with Crippen molar-refractivity contribution < 1.29 is 21.7 Å². The summed E-state index contributed by atoms with van der Waals surface area (Å²) >= 11 is 0. The molecule has 0 N–H and O–H groups in total. The monoisotopic (exact) mass is 303 g/mol. The summed E-state index contributed by atoms with van der Waals surface area (Å²) in [4.78, 5) is 0. The largest absolute Gasteiger partial charge is 0.197 e. The van der Waals surface area contributed by atoms with Gasteiger partial charge in [-0.15, -0.1) is 42.5 Å². The Morgan fingerprint density at radius 1 is 1.12 bits per heavy atom. The Bertz CT molecular complexity index is 395. The van der Waals surface area contributed by atoms with Gasteiger partial charge in [0.2, 0.25) is 0 Å². The summed E-state index contributed by atoms with van der Waals surface area (Å²) in [7, 11) is 0. The fourth-order valence-electron chi connectivity index (χ4n) is 1.84. The second-order valence-corrected chi connectivity index (χ2v) is 3.94. The molecule has 0 bridgehead atoms. The molecule has 0 heterocycles. The summed E-state index contributed by atoms with van der Waals surface area (Å²) in [5.74, 6) is 0.578. The van der Waals surface area contributed by atoms with E-state index in [1.54, 1.807) is 0 Å². The zero-order valence-electron chi connectivity index (χ0n) is 10.1. The molecule has 0 radical (unpaired) electrons. The number of benzene rings is 1. The van der Waals surface area contributed by atoms with Gasteiger partial charge in [-0.2, -0.15) is 17.7 Å². The molecule has 0 fully saturated rings. The van der Waals surface area contributed by atoms with Crippen LogP contribution in [0.2, 0.25) is 0 Å². The Hall–Kier alpha value is -0.00571.